The molecule has 4 aromatic rings. The van der Waals surface area contributed by atoms with Gasteiger partial charge in [0.2, 0.25) is 0 Å². The average molecular weight is 515 g/mol. The first-order valence-electron chi connectivity index (χ1n) is 9.49. The molecule has 0 saturated carbocycles. The Hall–Kier alpha value is -2.42. The average Bonchev–Trinajstić information content (AvgIpc) is 3.28. The van der Waals surface area contributed by atoms with Crippen molar-refractivity contribution in [3.05, 3.63) is 84.7 Å². The van der Waals surface area contributed by atoms with Gasteiger partial charge in [-0.3, -0.25) is 14.2 Å². The van der Waals surface area contributed by atoms with Crippen molar-refractivity contribution in [2.24, 2.45) is 0 Å². The second-order valence-electron chi connectivity index (χ2n) is 6.90. The number of thioether (sulfide) groups is 1. The molecule has 0 amide bonds. The fraction of sp³-hybridized carbons (Fsp3) is 0.174. The first-order valence-corrected chi connectivity index (χ1v) is 12.1. The van der Waals surface area contributed by atoms with Crippen LogP contribution in [0.2, 0.25) is 0 Å². The maximum absolute atomic E-state index is 13.3. The van der Waals surface area contributed by atoms with E-state index in [9.17, 15) is 9.59 Å². The number of Topliss-reactive ketones (excluding diaryl/α,β-unsaturated/α-hetero) is 1. The lowest BCUT2D eigenvalue weighted by molar-refractivity contribution is 0.101. The Bertz CT molecular complexity index is 1320. The van der Waals surface area contributed by atoms with Crippen molar-refractivity contribution in [3.8, 4) is 5.75 Å². The quantitative estimate of drug-likeness (QED) is 0.178. The number of ketones is 1. The Kier molecular flexibility index (Phi) is 6.60. The van der Waals surface area contributed by atoms with E-state index in [1.54, 1.807) is 42.1 Å². The van der Waals surface area contributed by atoms with E-state index in [1.807, 2.05) is 41.8 Å². The molecule has 31 heavy (non-hydrogen) atoms. The van der Waals surface area contributed by atoms with Crippen LogP contribution in [0.15, 0.2) is 68.3 Å². The molecule has 0 aliphatic rings. The van der Waals surface area contributed by atoms with Gasteiger partial charge in [-0.1, -0.05) is 33.8 Å². The number of methoxy groups -OCH3 is 1. The molecular formula is C23H19BrN2O3S2. The Morgan fingerprint density at radius 2 is 2.06 bits per heavy atom. The van der Waals surface area contributed by atoms with Crippen LogP contribution in [0.3, 0.4) is 0 Å². The minimum atomic E-state index is -0.0772. The van der Waals surface area contributed by atoms with Crippen molar-refractivity contribution in [2.75, 3.05) is 7.11 Å². The summed E-state index contributed by atoms with van der Waals surface area (Å²) >= 11 is 6.51. The van der Waals surface area contributed by atoms with E-state index in [0.29, 0.717) is 39.7 Å². The number of carbonyl (C=O) groups is 1. The smallest absolute Gasteiger partial charge is 0.262 e. The van der Waals surface area contributed by atoms with E-state index < -0.39 is 0 Å². The van der Waals surface area contributed by atoms with Gasteiger partial charge in [0.05, 0.1) is 24.6 Å². The van der Waals surface area contributed by atoms with Gasteiger partial charge in [0, 0.05) is 26.2 Å². The molecule has 0 atom stereocenters. The number of carbonyl (C=O) groups excluding carboxylic acids is 1. The Morgan fingerprint density at radius 3 is 2.77 bits per heavy atom. The lowest BCUT2D eigenvalue weighted by atomic mass is 10.1. The lowest BCUT2D eigenvalue weighted by Gasteiger charge is -2.14. The fourth-order valence-electron chi connectivity index (χ4n) is 3.23. The summed E-state index contributed by atoms with van der Waals surface area (Å²) in [5, 5.41) is 3.20. The number of halogens is 1. The topological polar surface area (TPSA) is 61.2 Å². The highest BCUT2D eigenvalue weighted by Gasteiger charge is 2.15. The number of fused-ring (bicyclic) bond motifs is 1. The van der Waals surface area contributed by atoms with Gasteiger partial charge < -0.3 is 4.74 Å². The summed E-state index contributed by atoms with van der Waals surface area (Å²) in [7, 11) is 1.61. The SMILES string of the molecule is COc1ccc(C(C)=O)cc1CSc1nc2ccc(Br)cc2c(=O)n1Cc1cccs1. The molecule has 0 radical (unpaired) electrons. The van der Waals surface area contributed by atoms with Gasteiger partial charge in [0.1, 0.15) is 5.75 Å². The first-order chi connectivity index (χ1) is 15.0. The summed E-state index contributed by atoms with van der Waals surface area (Å²) in [5.41, 5.74) is 2.09. The summed E-state index contributed by atoms with van der Waals surface area (Å²) in [4.78, 5) is 31.0. The van der Waals surface area contributed by atoms with E-state index >= 15 is 0 Å². The van der Waals surface area contributed by atoms with Crippen LogP contribution in [0, 0.1) is 0 Å². The monoisotopic (exact) mass is 514 g/mol. The maximum atomic E-state index is 13.3. The normalized spacial score (nSPS) is 11.1. The van der Waals surface area contributed by atoms with E-state index in [1.165, 1.54) is 11.8 Å². The molecule has 0 saturated heterocycles. The molecule has 158 valence electrons. The van der Waals surface area contributed by atoms with Crippen LogP contribution >= 0.6 is 39.0 Å². The third-order valence-corrected chi connectivity index (χ3v) is 7.20. The van der Waals surface area contributed by atoms with Crippen molar-refractivity contribution in [2.45, 2.75) is 24.4 Å². The highest BCUT2D eigenvalue weighted by molar-refractivity contribution is 9.10. The van der Waals surface area contributed by atoms with Crippen molar-refractivity contribution < 1.29 is 9.53 Å². The van der Waals surface area contributed by atoms with Crippen LogP contribution in [0.4, 0.5) is 0 Å². The van der Waals surface area contributed by atoms with Crippen LogP contribution in [-0.2, 0) is 12.3 Å². The fourth-order valence-corrected chi connectivity index (χ4v) is 5.26. The first kappa shape index (κ1) is 21.8. The molecule has 2 aromatic heterocycles. The summed E-state index contributed by atoms with van der Waals surface area (Å²) in [6, 6.07) is 14.9. The van der Waals surface area contributed by atoms with Gasteiger partial charge in [0.15, 0.2) is 10.9 Å². The summed E-state index contributed by atoms with van der Waals surface area (Å²) in [5.74, 6) is 1.22. The number of aromatic nitrogens is 2. The van der Waals surface area contributed by atoms with Gasteiger partial charge in [-0.25, -0.2) is 4.98 Å². The molecular weight excluding hydrogens is 496 g/mol. The molecule has 4 rings (SSSR count). The summed E-state index contributed by atoms with van der Waals surface area (Å²) in [6.45, 7) is 2.00. The number of hydrogen-bond acceptors (Lipinski definition) is 6. The standard InChI is InChI=1S/C23H19BrN2O3S2/c1-14(27)15-5-8-21(29-2)16(10-15)13-31-23-25-20-7-6-17(24)11-19(20)22(28)26(23)12-18-4-3-9-30-18/h3-11H,12-13H2,1-2H3. The molecule has 0 bridgehead atoms. The van der Waals surface area contributed by atoms with Gasteiger partial charge in [-0.05, 0) is 54.8 Å². The van der Waals surface area contributed by atoms with Crippen molar-refractivity contribution in [1.29, 1.82) is 0 Å². The molecule has 0 aliphatic carbocycles. The Labute approximate surface area is 196 Å². The molecule has 0 fully saturated rings. The van der Waals surface area contributed by atoms with E-state index in [2.05, 4.69) is 15.9 Å². The van der Waals surface area contributed by atoms with Crippen molar-refractivity contribution in [3.63, 3.8) is 0 Å². The third kappa shape index (κ3) is 4.76. The van der Waals surface area contributed by atoms with Gasteiger partial charge >= 0.3 is 0 Å². The molecule has 0 aliphatic heterocycles. The molecule has 5 nitrogen and oxygen atoms in total. The molecule has 0 spiro atoms. The van der Waals surface area contributed by atoms with Crippen LogP contribution in [0.1, 0.15) is 27.7 Å². The minimum Gasteiger partial charge on any atom is -0.496 e. The zero-order valence-electron chi connectivity index (χ0n) is 16.9. The number of nitrogens with zero attached hydrogens (tertiary/aromatic N) is 2. The zero-order valence-corrected chi connectivity index (χ0v) is 20.1. The predicted molar refractivity (Wildman–Crippen MR) is 130 cm³/mol. The molecule has 2 heterocycles. The predicted octanol–water partition coefficient (Wildman–Crippen LogP) is 5.77. The van der Waals surface area contributed by atoms with E-state index in [4.69, 9.17) is 9.72 Å². The second kappa shape index (κ2) is 9.38. The van der Waals surface area contributed by atoms with Crippen LogP contribution < -0.4 is 10.3 Å². The summed E-state index contributed by atoms with van der Waals surface area (Å²) < 4.78 is 8.03. The number of rotatable bonds is 7. The maximum Gasteiger partial charge on any atom is 0.262 e. The number of ether oxygens (including phenoxy) is 1. The largest absolute Gasteiger partial charge is 0.496 e. The second-order valence-corrected chi connectivity index (χ2v) is 9.79. The zero-order chi connectivity index (χ0) is 22.0. The number of thiophene rings is 1. The van der Waals surface area contributed by atoms with E-state index in [0.717, 1.165) is 14.9 Å². The lowest BCUT2D eigenvalue weighted by Crippen LogP contribution is -2.23. The molecule has 2 aromatic carbocycles. The van der Waals surface area contributed by atoms with Crippen molar-refractivity contribution in [1.82, 2.24) is 9.55 Å². The highest BCUT2D eigenvalue weighted by atomic mass is 79.9. The highest BCUT2D eigenvalue weighted by Crippen LogP contribution is 2.29. The molecule has 0 unspecified atom stereocenters. The number of hydrogen-bond donors (Lipinski definition) is 0. The third-order valence-electron chi connectivity index (χ3n) is 4.82. The Morgan fingerprint density at radius 1 is 1.23 bits per heavy atom. The molecule has 8 heteroatoms. The number of benzene rings is 2. The Balaban J connectivity index is 1.76. The van der Waals surface area contributed by atoms with Gasteiger partial charge in [0.25, 0.3) is 5.56 Å². The van der Waals surface area contributed by atoms with Gasteiger partial charge in [-0.15, -0.1) is 11.3 Å². The summed E-state index contributed by atoms with van der Waals surface area (Å²) in [6.07, 6.45) is 0. The van der Waals surface area contributed by atoms with E-state index in [-0.39, 0.29) is 11.3 Å². The van der Waals surface area contributed by atoms with Crippen LogP contribution in [-0.4, -0.2) is 22.4 Å². The molecule has 0 N–H and O–H groups in total. The van der Waals surface area contributed by atoms with Crippen LogP contribution in [0.5, 0.6) is 5.75 Å². The van der Waals surface area contributed by atoms with Crippen molar-refractivity contribution >= 4 is 55.7 Å². The van der Waals surface area contributed by atoms with Crippen LogP contribution in [0.25, 0.3) is 10.9 Å². The minimum absolute atomic E-state index is 0.00193. The van der Waals surface area contributed by atoms with Gasteiger partial charge in [-0.2, -0.15) is 0 Å².